The van der Waals surface area contributed by atoms with Crippen LogP contribution in [0.5, 0.6) is 0 Å². The molecule has 0 saturated heterocycles. The molecule has 1 aliphatic rings. The van der Waals surface area contributed by atoms with Gasteiger partial charge in [-0.1, -0.05) is 48.5 Å². The molecule has 0 atom stereocenters. The van der Waals surface area contributed by atoms with E-state index in [-0.39, 0.29) is 24.3 Å². The maximum Gasteiger partial charge on any atom is 0.0681 e. The molecule has 3 rings (SSSR count). The molecule has 1 radical (unpaired) electrons. The molecule has 0 amide bonds. The van der Waals surface area contributed by atoms with E-state index in [2.05, 4.69) is 48.5 Å². The van der Waals surface area contributed by atoms with Crippen LogP contribution in [0.25, 0.3) is 11.1 Å². The molecule has 0 spiro atoms. The third-order valence-corrected chi connectivity index (χ3v) is 3.96. The van der Waals surface area contributed by atoms with E-state index < -0.39 is 0 Å². The van der Waals surface area contributed by atoms with Crippen LogP contribution in [0.3, 0.4) is 0 Å². The quantitative estimate of drug-likeness (QED) is 0.788. The molecule has 0 aromatic heterocycles. The van der Waals surface area contributed by atoms with Crippen molar-refractivity contribution in [1.29, 1.82) is 0 Å². The summed E-state index contributed by atoms with van der Waals surface area (Å²) in [5.41, 5.74) is 5.02. The van der Waals surface area contributed by atoms with Crippen LogP contribution >= 0.6 is 0 Å². The molecule has 0 heterocycles. The monoisotopic (exact) mass is 261 g/mol. The molecule has 1 aliphatic carbocycles. The van der Waals surface area contributed by atoms with Crippen molar-refractivity contribution in [2.75, 3.05) is 27.4 Å². The van der Waals surface area contributed by atoms with Gasteiger partial charge < -0.3 is 9.47 Å². The smallest absolute Gasteiger partial charge is 0.0681 e. The minimum atomic E-state index is -0.184. The van der Waals surface area contributed by atoms with Gasteiger partial charge in [0.25, 0.3) is 0 Å². The van der Waals surface area contributed by atoms with Crippen LogP contribution in [0, 0.1) is 0 Å². The van der Waals surface area contributed by atoms with Gasteiger partial charge in [0.15, 0.2) is 0 Å². The van der Waals surface area contributed by atoms with Gasteiger partial charge >= 0.3 is 0 Å². The summed E-state index contributed by atoms with van der Waals surface area (Å²) in [5.74, 6) is 0. The fourth-order valence-corrected chi connectivity index (χ4v) is 3.26. The summed E-state index contributed by atoms with van der Waals surface area (Å²) in [7, 11) is 3.50. The Labute approximate surface area is 132 Å². The van der Waals surface area contributed by atoms with Crippen LogP contribution in [0.15, 0.2) is 48.5 Å². The Morgan fingerprint density at radius 2 is 1.15 bits per heavy atom. The van der Waals surface area contributed by atoms with Crippen LogP contribution in [-0.2, 0) is 14.9 Å². The van der Waals surface area contributed by atoms with Crippen molar-refractivity contribution in [3.63, 3.8) is 0 Å². The van der Waals surface area contributed by atoms with Gasteiger partial charge in [0.05, 0.1) is 18.6 Å². The van der Waals surface area contributed by atoms with E-state index in [0.717, 1.165) is 0 Å². The molecular formula is C17H18LiO2. The summed E-state index contributed by atoms with van der Waals surface area (Å²) in [5, 5.41) is 0. The van der Waals surface area contributed by atoms with Gasteiger partial charge in [0, 0.05) is 33.1 Å². The van der Waals surface area contributed by atoms with Gasteiger partial charge in [-0.25, -0.2) is 0 Å². The largest absolute Gasteiger partial charge is 0.383 e. The van der Waals surface area contributed by atoms with Crippen LogP contribution in [0.1, 0.15) is 11.1 Å². The van der Waals surface area contributed by atoms with Gasteiger partial charge in [-0.3, -0.25) is 0 Å². The van der Waals surface area contributed by atoms with Gasteiger partial charge in [-0.2, -0.15) is 0 Å². The van der Waals surface area contributed by atoms with E-state index in [1.807, 2.05) is 0 Å². The molecule has 2 nitrogen and oxygen atoms in total. The zero-order chi connectivity index (χ0) is 13.3. The first-order valence-corrected chi connectivity index (χ1v) is 6.51. The van der Waals surface area contributed by atoms with E-state index in [0.29, 0.717) is 13.2 Å². The van der Waals surface area contributed by atoms with E-state index in [4.69, 9.17) is 9.47 Å². The van der Waals surface area contributed by atoms with Crippen molar-refractivity contribution < 1.29 is 9.47 Å². The molecule has 0 fully saturated rings. The van der Waals surface area contributed by atoms with E-state index in [1.165, 1.54) is 22.3 Å². The Morgan fingerprint density at radius 1 is 0.750 bits per heavy atom. The maximum atomic E-state index is 5.52. The Hall–Kier alpha value is -1.04. The number of rotatable bonds is 4. The number of methoxy groups -OCH3 is 2. The summed E-state index contributed by atoms with van der Waals surface area (Å²) in [4.78, 5) is 0. The van der Waals surface area contributed by atoms with Crippen molar-refractivity contribution >= 4 is 18.9 Å². The SMILES string of the molecule is COCC1(COC)c2ccccc2-c2ccccc21.[Li]. The third kappa shape index (κ3) is 2.14. The van der Waals surface area contributed by atoms with Crippen LogP contribution in [-0.4, -0.2) is 46.3 Å². The first-order chi connectivity index (χ1) is 9.33. The molecule has 0 saturated carbocycles. The predicted molar refractivity (Wildman–Crippen MR) is 82.2 cm³/mol. The second kappa shape index (κ2) is 6.16. The van der Waals surface area contributed by atoms with E-state index >= 15 is 0 Å². The fourth-order valence-electron chi connectivity index (χ4n) is 3.26. The van der Waals surface area contributed by atoms with Crippen molar-refractivity contribution in [1.82, 2.24) is 0 Å². The van der Waals surface area contributed by atoms with Crippen LogP contribution < -0.4 is 0 Å². The Balaban J connectivity index is 0.00000147. The molecule has 99 valence electrons. The number of benzene rings is 2. The minimum absolute atomic E-state index is 0. The molecule has 3 heteroatoms. The van der Waals surface area contributed by atoms with Crippen molar-refractivity contribution in [2.24, 2.45) is 0 Å². The average Bonchev–Trinajstić information content (AvgIpc) is 2.72. The Bertz CT molecular complexity index is 542. The zero-order valence-electron chi connectivity index (χ0n) is 12.3. The third-order valence-electron chi connectivity index (χ3n) is 3.96. The Morgan fingerprint density at radius 3 is 1.55 bits per heavy atom. The minimum Gasteiger partial charge on any atom is -0.383 e. The molecule has 2 aromatic rings. The fraction of sp³-hybridized carbons (Fsp3) is 0.294. The van der Waals surface area contributed by atoms with Crippen molar-refractivity contribution in [3.8, 4) is 11.1 Å². The first-order valence-electron chi connectivity index (χ1n) is 6.51. The normalized spacial score (nSPS) is 14.3. The maximum absolute atomic E-state index is 5.52. The molecule has 0 unspecified atom stereocenters. The van der Waals surface area contributed by atoms with E-state index in [9.17, 15) is 0 Å². The number of fused-ring (bicyclic) bond motifs is 3. The second-order valence-corrected chi connectivity index (χ2v) is 5.04. The molecular weight excluding hydrogens is 243 g/mol. The van der Waals surface area contributed by atoms with Gasteiger partial charge in [-0.05, 0) is 22.3 Å². The summed E-state index contributed by atoms with van der Waals surface area (Å²) in [6, 6.07) is 17.1. The van der Waals surface area contributed by atoms with Crippen LogP contribution in [0.4, 0.5) is 0 Å². The second-order valence-electron chi connectivity index (χ2n) is 5.04. The zero-order valence-corrected chi connectivity index (χ0v) is 12.3. The number of ether oxygens (including phenoxy) is 2. The van der Waals surface area contributed by atoms with Gasteiger partial charge in [0.1, 0.15) is 0 Å². The molecule has 0 bridgehead atoms. The van der Waals surface area contributed by atoms with Crippen molar-refractivity contribution in [2.45, 2.75) is 5.41 Å². The molecule has 2 aromatic carbocycles. The summed E-state index contributed by atoms with van der Waals surface area (Å²) in [6.45, 7) is 1.27. The summed E-state index contributed by atoms with van der Waals surface area (Å²) >= 11 is 0. The topological polar surface area (TPSA) is 18.5 Å². The molecule has 0 N–H and O–H groups in total. The van der Waals surface area contributed by atoms with Gasteiger partial charge in [0.2, 0.25) is 0 Å². The predicted octanol–water partition coefficient (Wildman–Crippen LogP) is 2.87. The first kappa shape index (κ1) is 15.3. The van der Waals surface area contributed by atoms with Crippen molar-refractivity contribution in [3.05, 3.63) is 59.7 Å². The summed E-state index contributed by atoms with van der Waals surface area (Å²) < 4.78 is 11.0. The Kier molecular flexibility index (Phi) is 4.73. The summed E-state index contributed by atoms with van der Waals surface area (Å²) in [6.07, 6.45) is 0. The molecule has 20 heavy (non-hydrogen) atoms. The average molecular weight is 261 g/mol. The van der Waals surface area contributed by atoms with Gasteiger partial charge in [-0.15, -0.1) is 0 Å². The number of hydrogen-bond acceptors (Lipinski definition) is 2. The number of hydrogen-bond donors (Lipinski definition) is 0. The molecule has 0 aliphatic heterocycles. The van der Waals surface area contributed by atoms with E-state index in [1.54, 1.807) is 14.2 Å². The van der Waals surface area contributed by atoms with Crippen LogP contribution in [0.2, 0.25) is 0 Å². The standard InChI is InChI=1S/C17H18O2.Li/c1-18-11-17(12-19-2)15-9-5-3-7-13(15)14-8-4-6-10-16(14)17;/h3-10H,11-12H2,1-2H3;.